The van der Waals surface area contributed by atoms with Crippen LogP contribution in [0.1, 0.15) is 29.2 Å². The van der Waals surface area contributed by atoms with Crippen LogP contribution in [0.15, 0.2) is 88.1 Å². The highest BCUT2D eigenvalue weighted by molar-refractivity contribution is 5.88. The first-order valence-corrected chi connectivity index (χ1v) is 11.7. The molecule has 3 aromatic carbocycles. The van der Waals surface area contributed by atoms with Gasteiger partial charge in [0, 0.05) is 23.4 Å². The molecule has 1 N–H and O–H groups in total. The van der Waals surface area contributed by atoms with Gasteiger partial charge in [0.05, 0.1) is 0 Å². The lowest BCUT2D eigenvalue weighted by Crippen LogP contribution is -2.44. The fourth-order valence-corrected chi connectivity index (χ4v) is 3.94. The number of benzene rings is 3. The summed E-state index contributed by atoms with van der Waals surface area (Å²) >= 11 is 0. The third-order valence-corrected chi connectivity index (χ3v) is 5.86. The first-order chi connectivity index (χ1) is 17.4. The Kier molecular flexibility index (Phi) is 7.80. The SMILES string of the molecule is CCc1cc(=O)oc2c(C)c(OC(=O)[C@H](Cc3ccccc3)NC(=O)OCc3ccccc3)ccc12. The summed E-state index contributed by atoms with van der Waals surface area (Å²) < 4.78 is 16.4. The van der Waals surface area contributed by atoms with Crippen molar-refractivity contribution in [2.45, 2.75) is 39.3 Å². The molecule has 0 aliphatic heterocycles. The molecule has 0 aliphatic carbocycles. The van der Waals surface area contributed by atoms with Crippen LogP contribution in [-0.4, -0.2) is 18.1 Å². The van der Waals surface area contributed by atoms with Gasteiger partial charge >= 0.3 is 17.7 Å². The molecule has 184 valence electrons. The number of alkyl carbamates (subject to hydrolysis) is 1. The fraction of sp³-hybridized carbons (Fsp3) is 0.207. The van der Waals surface area contributed by atoms with Crippen LogP contribution in [-0.2, 0) is 29.0 Å². The van der Waals surface area contributed by atoms with Crippen molar-refractivity contribution in [2.75, 3.05) is 0 Å². The molecule has 0 unspecified atom stereocenters. The number of fused-ring (bicyclic) bond motifs is 1. The van der Waals surface area contributed by atoms with E-state index < -0.39 is 23.7 Å². The number of esters is 1. The second kappa shape index (κ2) is 11.4. The Morgan fingerprint density at radius 2 is 1.61 bits per heavy atom. The van der Waals surface area contributed by atoms with E-state index >= 15 is 0 Å². The number of nitrogens with one attached hydrogen (secondary N) is 1. The first kappa shape index (κ1) is 24.7. The standard InChI is InChI=1S/C29H27NO6/c1-3-22-17-26(31)36-27-19(2)25(15-14-23(22)27)35-28(32)24(16-20-10-6-4-7-11-20)30-29(33)34-18-21-12-8-5-9-13-21/h4-15,17,24H,3,16,18H2,1-2H3,(H,30,33)/t24-/m0/s1. The van der Waals surface area contributed by atoms with E-state index in [1.807, 2.05) is 67.6 Å². The summed E-state index contributed by atoms with van der Waals surface area (Å²) in [5, 5.41) is 3.42. The van der Waals surface area contributed by atoms with Gasteiger partial charge in [-0.25, -0.2) is 14.4 Å². The van der Waals surface area contributed by atoms with E-state index in [1.54, 1.807) is 19.1 Å². The van der Waals surface area contributed by atoms with Gasteiger partial charge in [-0.05, 0) is 42.2 Å². The molecule has 0 saturated heterocycles. The van der Waals surface area contributed by atoms with Crippen molar-refractivity contribution in [1.82, 2.24) is 5.32 Å². The number of aryl methyl sites for hydroxylation is 2. The summed E-state index contributed by atoms with van der Waals surface area (Å²) in [7, 11) is 0. The molecule has 1 atom stereocenters. The number of ether oxygens (including phenoxy) is 2. The largest absolute Gasteiger partial charge is 0.445 e. The fourth-order valence-electron chi connectivity index (χ4n) is 3.94. The summed E-state index contributed by atoms with van der Waals surface area (Å²) in [5.41, 5.74) is 2.96. The van der Waals surface area contributed by atoms with Gasteiger partial charge in [-0.15, -0.1) is 0 Å². The summed E-state index contributed by atoms with van der Waals surface area (Å²) in [6.07, 6.45) is 0.141. The zero-order chi connectivity index (χ0) is 25.5. The molecule has 7 nitrogen and oxygen atoms in total. The average Bonchev–Trinajstić information content (AvgIpc) is 2.89. The highest BCUT2D eigenvalue weighted by Gasteiger charge is 2.25. The third kappa shape index (κ3) is 5.99. The molecule has 36 heavy (non-hydrogen) atoms. The van der Waals surface area contributed by atoms with Crippen LogP contribution in [0.4, 0.5) is 4.79 Å². The van der Waals surface area contributed by atoms with E-state index in [1.165, 1.54) is 6.07 Å². The lowest BCUT2D eigenvalue weighted by molar-refractivity contribution is -0.136. The van der Waals surface area contributed by atoms with Gasteiger partial charge in [0.2, 0.25) is 0 Å². The Morgan fingerprint density at radius 1 is 0.944 bits per heavy atom. The van der Waals surface area contributed by atoms with Crippen LogP contribution in [0.25, 0.3) is 11.0 Å². The number of amides is 1. The van der Waals surface area contributed by atoms with Crippen LogP contribution >= 0.6 is 0 Å². The lowest BCUT2D eigenvalue weighted by Gasteiger charge is -2.19. The minimum atomic E-state index is -1.00. The molecule has 1 aromatic heterocycles. The second-order valence-electron chi connectivity index (χ2n) is 8.38. The van der Waals surface area contributed by atoms with Gasteiger partial charge in [0.1, 0.15) is 24.0 Å². The molecule has 0 saturated carbocycles. The van der Waals surface area contributed by atoms with Crippen LogP contribution in [0.2, 0.25) is 0 Å². The van der Waals surface area contributed by atoms with Crippen molar-refractivity contribution in [2.24, 2.45) is 0 Å². The van der Waals surface area contributed by atoms with E-state index in [0.717, 1.165) is 22.1 Å². The highest BCUT2D eigenvalue weighted by atomic mass is 16.6. The number of rotatable bonds is 8. The molecule has 0 spiro atoms. The first-order valence-electron chi connectivity index (χ1n) is 11.7. The molecular weight excluding hydrogens is 458 g/mol. The van der Waals surface area contributed by atoms with Gasteiger partial charge in [0.15, 0.2) is 0 Å². The number of hydrogen-bond acceptors (Lipinski definition) is 6. The predicted octanol–water partition coefficient (Wildman–Crippen LogP) is 5.11. The van der Waals surface area contributed by atoms with Crippen molar-refractivity contribution in [3.05, 3.63) is 112 Å². The van der Waals surface area contributed by atoms with E-state index in [2.05, 4.69) is 5.32 Å². The molecule has 7 heteroatoms. The number of carbonyl (C=O) groups excluding carboxylic acids is 2. The summed E-state index contributed by atoms with van der Waals surface area (Å²) in [4.78, 5) is 37.8. The quantitative estimate of drug-likeness (QED) is 0.212. The van der Waals surface area contributed by atoms with Crippen LogP contribution in [0.3, 0.4) is 0 Å². The molecule has 0 aliphatic rings. The predicted molar refractivity (Wildman–Crippen MR) is 136 cm³/mol. The summed E-state index contributed by atoms with van der Waals surface area (Å²) in [6.45, 7) is 3.75. The van der Waals surface area contributed by atoms with Gasteiger partial charge in [0.25, 0.3) is 0 Å². The normalized spacial score (nSPS) is 11.6. The third-order valence-electron chi connectivity index (χ3n) is 5.86. The summed E-state index contributed by atoms with van der Waals surface area (Å²) in [5.74, 6) is -0.409. The van der Waals surface area contributed by atoms with E-state index in [-0.39, 0.29) is 18.8 Å². The summed E-state index contributed by atoms with van der Waals surface area (Å²) in [6, 6.07) is 22.5. The molecular formula is C29H27NO6. The monoisotopic (exact) mass is 485 g/mol. The van der Waals surface area contributed by atoms with E-state index in [0.29, 0.717) is 17.6 Å². The highest BCUT2D eigenvalue weighted by Crippen LogP contribution is 2.29. The number of hydrogen-bond donors (Lipinski definition) is 1. The van der Waals surface area contributed by atoms with Gasteiger partial charge in [-0.3, -0.25) is 0 Å². The minimum Gasteiger partial charge on any atom is -0.445 e. The van der Waals surface area contributed by atoms with Crippen molar-refractivity contribution < 1.29 is 23.5 Å². The van der Waals surface area contributed by atoms with Crippen molar-refractivity contribution >= 4 is 23.0 Å². The van der Waals surface area contributed by atoms with Gasteiger partial charge in [-0.1, -0.05) is 67.6 Å². The van der Waals surface area contributed by atoms with Gasteiger partial charge in [-0.2, -0.15) is 0 Å². The lowest BCUT2D eigenvalue weighted by atomic mass is 10.0. The van der Waals surface area contributed by atoms with Crippen LogP contribution in [0.5, 0.6) is 5.75 Å². The van der Waals surface area contributed by atoms with Gasteiger partial charge < -0.3 is 19.2 Å². The Morgan fingerprint density at radius 3 is 2.28 bits per heavy atom. The molecule has 0 bridgehead atoms. The van der Waals surface area contributed by atoms with Crippen molar-refractivity contribution in [1.29, 1.82) is 0 Å². The molecule has 4 aromatic rings. The maximum Gasteiger partial charge on any atom is 0.408 e. The minimum absolute atomic E-state index is 0.0718. The maximum absolute atomic E-state index is 13.2. The Balaban J connectivity index is 1.54. The molecule has 1 amide bonds. The Hall–Kier alpha value is -4.39. The second-order valence-corrected chi connectivity index (χ2v) is 8.38. The van der Waals surface area contributed by atoms with Crippen molar-refractivity contribution in [3.8, 4) is 5.75 Å². The number of carbonyl (C=O) groups is 2. The molecule has 4 rings (SSSR count). The smallest absolute Gasteiger partial charge is 0.408 e. The molecule has 0 radical (unpaired) electrons. The van der Waals surface area contributed by atoms with E-state index in [9.17, 15) is 14.4 Å². The Bertz CT molecular complexity index is 1410. The van der Waals surface area contributed by atoms with Crippen LogP contribution in [0, 0.1) is 6.92 Å². The van der Waals surface area contributed by atoms with E-state index in [4.69, 9.17) is 13.9 Å². The average molecular weight is 486 g/mol. The topological polar surface area (TPSA) is 94.8 Å². The molecule has 1 heterocycles. The Labute approximate surface area is 208 Å². The zero-order valence-electron chi connectivity index (χ0n) is 20.2. The zero-order valence-corrected chi connectivity index (χ0v) is 20.2. The van der Waals surface area contributed by atoms with Crippen molar-refractivity contribution in [3.63, 3.8) is 0 Å². The van der Waals surface area contributed by atoms with Crippen LogP contribution < -0.4 is 15.7 Å². The maximum atomic E-state index is 13.2. The molecule has 0 fully saturated rings.